The molecule has 1 aromatic rings. The molecule has 1 rings (SSSR count). The van der Waals surface area contributed by atoms with Gasteiger partial charge in [0.05, 0.1) is 7.11 Å². The van der Waals surface area contributed by atoms with Crippen LogP contribution in [0.25, 0.3) is 0 Å². The molecule has 2 unspecified atom stereocenters. The molecule has 2 amide bonds. The van der Waals surface area contributed by atoms with Crippen molar-refractivity contribution in [2.45, 2.75) is 32.0 Å². The number of carbonyl (C=O) groups excluding carboxylic acids is 1. The lowest BCUT2D eigenvalue weighted by molar-refractivity contribution is -0.142. The molecule has 116 valence electrons. The molecule has 0 spiro atoms. The summed E-state index contributed by atoms with van der Waals surface area (Å²) in [4.78, 5) is 22.8. The Labute approximate surface area is 122 Å². The van der Waals surface area contributed by atoms with Crippen molar-refractivity contribution in [3.8, 4) is 5.75 Å². The Balaban J connectivity index is 2.83. The smallest absolute Gasteiger partial charge is 0.329 e. The molecule has 21 heavy (non-hydrogen) atoms. The highest BCUT2D eigenvalue weighted by Gasteiger charge is 2.29. The van der Waals surface area contributed by atoms with Crippen LogP contribution in [0.5, 0.6) is 5.75 Å². The molecule has 0 radical (unpaired) electrons. The van der Waals surface area contributed by atoms with Crippen molar-refractivity contribution in [1.29, 1.82) is 0 Å². The fourth-order valence-electron chi connectivity index (χ4n) is 1.71. The van der Waals surface area contributed by atoms with Crippen LogP contribution in [0.2, 0.25) is 0 Å². The number of aliphatic carboxylic acids is 1. The molecule has 0 aliphatic carbocycles. The van der Waals surface area contributed by atoms with Gasteiger partial charge in [-0.05, 0) is 31.5 Å². The average molecular weight is 296 g/mol. The second-order valence-electron chi connectivity index (χ2n) is 4.81. The van der Waals surface area contributed by atoms with E-state index in [4.69, 9.17) is 9.84 Å². The van der Waals surface area contributed by atoms with Crippen molar-refractivity contribution < 1.29 is 24.5 Å². The van der Waals surface area contributed by atoms with E-state index < -0.39 is 24.1 Å². The lowest BCUT2D eigenvalue weighted by Gasteiger charge is -2.21. The maximum absolute atomic E-state index is 11.6. The van der Waals surface area contributed by atoms with E-state index in [-0.39, 0.29) is 6.04 Å². The highest BCUT2D eigenvalue weighted by atomic mass is 16.5. The van der Waals surface area contributed by atoms with E-state index in [9.17, 15) is 14.7 Å². The molecule has 1 aromatic carbocycles. The Hall–Kier alpha value is -2.28. The molecule has 0 saturated carbocycles. The third-order valence-electron chi connectivity index (χ3n) is 2.75. The summed E-state index contributed by atoms with van der Waals surface area (Å²) < 4.78 is 4.99. The van der Waals surface area contributed by atoms with Crippen LogP contribution in [0.3, 0.4) is 0 Å². The summed E-state index contributed by atoms with van der Waals surface area (Å²) in [6, 6.07) is 4.06. The van der Waals surface area contributed by atoms with E-state index in [1.54, 1.807) is 38.1 Å². The largest absolute Gasteiger partial charge is 0.497 e. The van der Waals surface area contributed by atoms with Crippen LogP contribution < -0.4 is 15.4 Å². The fourth-order valence-corrected chi connectivity index (χ4v) is 1.71. The maximum atomic E-state index is 11.6. The van der Waals surface area contributed by atoms with Gasteiger partial charge in [-0.15, -0.1) is 0 Å². The van der Waals surface area contributed by atoms with Crippen molar-refractivity contribution in [3.63, 3.8) is 0 Å². The van der Waals surface area contributed by atoms with E-state index in [0.29, 0.717) is 11.3 Å². The molecule has 0 bridgehead atoms. The number of carbonyl (C=O) groups is 2. The number of benzene rings is 1. The standard InChI is InChI=1S/C14H20N2O5/c1-8(2)15-14(20)16-11(13(18)19)12(17)9-4-6-10(21-3)7-5-9/h4-8,11-12,17H,1-3H3,(H,18,19)(H2,15,16,20). The third kappa shape index (κ3) is 4.96. The Kier molecular flexibility index (Phi) is 5.98. The van der Waals surface area contributed by atoms with Crippen LogP contribution in [0.1, 0.15) is 25.5 Å². The summed E-state index contributed by atoms with van der Waals surface area (Å²) in [7, 11) is 1.50. The summed E-state index contributed by atoms with van der Waals surface area (Å²) in [5.74, 6) is -0.736. The lowest BCUT2D eigenvalue weighted by atomic mass is 10.0. The van der Waals surface area contributed by atoms with E-state index in [1.165, 1.54) is 7.11 Å². The van der Waals surface area contributed by atoms with Gasteiger partial charge in [-0.2, -0.15) is 0 Å². The first kappa shape index (κ1) is 16.8. The number of urea groups is 1. The van der Waals surface area contributed by atoms with E-state index in [1.807, 2.05) is 0 Å². The molecule has 0 aliphatic rings. The highest BCUT2D eigenvalue weighted by Crippen LogP contribution is 2.20. The SMILES string of the molecule is COc1ccc(C(O)C(NC(=O)NC(C)C)C(=O)O)cc1. The van der Waals surface area contributed by atoms with Crippen LogP contribution in [-0.4, -0.2) is 41.4 Å². The van der Waals surface area contributed by atoms with Crippen molar-refractivity contribution in [2.75, 3.05) is 7.11 Å². The molecule has 2 atom stereocenters. The summed E-state index contributed by atoms with van der Waals surface area (Å²) >= 11 is 0. The van der Waals surface area contributed by atoms with Gasteiger partial charge in [-0.1, -0.05) is 12.1 Å². The number of ether oxygens (including phenoxy) is 1. The summed E-state index contributed by atoms with van der Waals surface area (Å²) in [5, 5.41) is 24.0. The first-order valence-electron chi connectivity index (χ1n) is 6.47. The Morgan fingerprint density at radius 2 is 1.71 bits per heavy atom. The zero-order chi connectivity index (χ0) is 16.0. The average Bonchev–Trinajstić information content (AvgIpc) is 2.43. The molecule has 7 nitrogen and oxygen atoms in total. The van der Waals surface area contributed by atoms with Crippen LogP contribution >= 0.6 is 0 Å². The lowest BCUT2D eigenvalue weighted by Crippen LogP contribution is -2.50. The molecular weight excluding hydrogens is 276 g/mol. The van der Waals surface area contributed by atoms with Crippen molar-refractivity contribution in [1.82, 2.24) is 10.6 Å². The van der Waals surface area contributed by atoms with Gasteiger partial charge in [0.1, 0.15) is 11.9 Å². The number of aliphatic hydroxyl groups is 1. The van der Waals surface area contributed by atoms with Crippen molar-refractivity contribution in [2.24, 2.45) is 0 Å². The minimum Gasteiger partial charge on any atom is -0.497 e. The van der Waals surface area contributed by atoms with Gasteiger partial charge in [0, 0.05) is 6.04 Å². The predicted octanol–water partition coefficient (Wildman–Crippen LogP) is 0.889. The third-order valence-corrected chi connectivity index (χ3v) is 2.75. The number of hydrogen-bond donors (Lipinski definition) is 4. The van der Waals surface area contributed by atoms with E-state index in [2.05, 4.69) is 10.6 Å². The van der Waals surface area contributed by atoms with Gasteiger partial charge in [0.2, 0.25) is 0 Å². The van der Waals surface area contributed by atoms with Crippen LogP contribution in [0.15, 0.2) is 24.3 Å². The molecule has 0 aliphatic heterocycles. The molecule has 7 heteroatoms. The predicted molar refractivity (Wildman–Crippen MR) is 76.2 cm³/mol. The molecule has 0 aromatic heterocycles. The zero-order valence-corrected chi connectivity index (χ0v) is 12.2. The van der Waals surface area contributed by atoms with Gasteiger partial charge in [0.15, 0.2) is 6.04 Å². The summed E-state index contributed by atoms with van der Waals surface area (Å²) in [6.07, 6.45) is -1.37. The number of carboxylic acid groups (broad SMARTS) is 1. The van der Waals surface area contributed by atoms with Gasteiger partial charge in [-0.3, -0.25) is 0 Å². The Bertz CT molecular complexity index is 487. The van der Waals surface area contributed by atoms with Crippen LogP contribution in [0, 0.1) is 0 Å². The monoisotopic (exact) mass is 296 g/mol. The van der Waals surface area contributed by atoms with E-state index >= 15 is 0 Å². The summed E-state index contributed by atoms with van der Waals surface area (Å²) in [5.41, 5.74) is 0.369. The van der Waals surface area contributed by atoms with Crippen molar-refractivity contribution in [3.05, 3.63) is 29.8 Å². The van der Waals surface area contributed by atoms with E-state index in [0.717, 1.165) is 0 Å². The summed E-state index contributed by atoms with van der Waals surface area (Å²) in [6.45, 7) is 3.49. The second-order valence-corrected chi connectivity index (χ2v) is 4.81. The normalized spacial score (nSPS) is 13.4. The molecule has 0 saturated heterocycles. The zero-order valence-electron chi connectivity index (χ0n) is 12.2. The van der Waals surface area contributed by atoms with Gasteiger partial charge >= 0.3 is 12.0 Å². The fraction of sp³-hybridized carbons (Fsp3) is 0.429. The quantitative estimate of drug-likeness (QED) is 0.623. The molecule has 0 fully saturated rings. The Morgan fingerprint density at radius 1 is 1.14 bits per heavy atom. The number of hydrogen-bond acceptors (Lipinski definition) is 4. The number of rotatable bonds is 6. The van der Waals surface area contributed by atoms with Crippen LogP contribution in [0.4, 0.5) is 4.79 Å². The van der Waals surface area contributed by atoms with Gasteiger partial charge in [-0.25, -0.2) is 9.59 Å². The highest BCUT2D eigenvalue weighted by molar-refractivity contribution is 5.83. The number of methoxy groups -OCH3 is 1. The molecular formula is C14H20N2O5. The second kappa shape index (κ2) is 7.49. The minimum atomic E-state index is -1.45. The van der Waals surface area contributed by atoms with Gasteiger partial charge in [0.25, 0.3) is 0 Å². The number of nitrogens with one attached hydrogen (secondary N) is 2. The number of amides is 2. The van der Waals surface area contributed by atoms with Crippen LogP contribution in [-0.2, 0) is 4.79 Å². The molecule has 4 N–H and O–H groups in total. The maximum Gasteiger partial charge on any atom is 0.329 e. The first-order valence-corrected chi connectivity index (χ1v) is 6.47. The minimum absolute atomic E-state index is 0.141. The van der Waals surface area contributed by atoms with Crippen molar-refractivity contribution >= 4 is 12.0 Å². The molecule has 0 heterocycles. The first-order chi connectivity index (χ1) is 9.85. The van der Waals surface area contributed by atoms with Gasteiger partial charge < -0.3 is 25.6 Å². The topological polar surface area (TPSA) is 108 Å². The Morgan fingerprint density at radius 3 is 2.14 bits per heavy atom. The number of carboxylic acids is 1. The number of aliphatic hydroxyl groups excluding tert-OH is 1.